The Kier molecular flexibility index (Phi) is 4.19. The van der Waals surface area contributed by atoms with Crippen molar-refractivity contribution in [3.8, 4) is 0 Å². The van der Waals surface area contributed by atoms with Crippen molar-refractivity contribution in [2.24, 2.45) is 0 Å². The van der Waals surface area contributed by atoms with Gasteiger partial charge in [-0.2, -0.15) is 0 Å². The van der Waals surface area contributed by atoms with Crippen molar-refractivity contribution in [2.45, 2.75) is 12.5 Å². The molecule has 2 aliphatic heterocycles. The fourth-order valence-corrected chi connectivity index (χ4v) is 3.92. The second-order valence-electron chi connectivity index (χ2n) is 6.80. The van der Waals surface area contributed by atoms with Crippen LogP contribution in [0.15, 0.2) is 48.5 Å². The number of imide groups is 2. The van der Waals surface area contributed by atoms with Crippen LogP contribution in [0.5, 0.6) is 0 Å². The highest BCUT2D eigenvalue weighted by molar-refractivity contribution is 6.32. The summed E-state index contributed by atoms with van der Waals surface area (Å²) in [6, 6.07) is 12.7. The molecule has 4 rings (SSSR count). The zero-order valence-corrected chi connectivity index (χ0v) is 15.7. The monoisotopic (exact) mass is 397 g/mol. The third-order valence-corrected chi connectivity index (χ3v) is 5.44. The molecule has 1 atom stereocenters. The van der Waals surface area contributed by atoms with Crippen LogP contribution < -0.4 is 5.32 Å². The van der Waals surface area contributed by atoms with Crippen molar-refractivity contribution >= 4 is 35.4 Å². The molecule has 1 saturated heterocycles. The number of carbonyl (C=O) groups excluding carboxylic acids is 4. The first-order chi connectivity index (χ1) is 13.3. The Morgan fingerprint density at radius 2 is 1.39 bits per heavy atom. The van der Waals surface area contributed by atoms with Crippen LogP contribution in [0.4, 0.5) is 4.79 Å². The molecule has 2 heterocycles. The highest BCUT2D eigenvalue weighted by Gasteiger charge is 2.50. The SMILES string of the molecule is C[C@]1(c2ccccc2Cl)NC(=O)N(CCN2C(=O)c3ccccc3C2=O)C1=O. The molecule has 0 aliphatic carbocycles. The minimum atomic E-state index is -1.31. The van der Waals surface area contributed by atoms with Gasteiger partial charge in [-0.15, -0.1) is 0 Å². The zero-order valence-electron chi connectivity index (χ0n) is 14.9. The van der Waals surface area contributed by atoms with E-state index in [1.165, 1.54) is 0 Å². The summed E-state index contributed by atoms with van der Waals surface area (Å²) in [6.45, 7) is 1.40. The third-order valence-electron chi connectivity index (χ3n) is 5.11. The number of hydrogen-bond donors (Lipinski definition) is 1. The number of carbonyl (C=O) groups is 4. The number of halogens is 1. The van der Waals surface area contributed by atoms with Gasteiger partial charge in [0.2, 0.25) is 0 Å². The number of urea groups is 1. The van der Waals surface area contributed by atoms with E-state index in [9.17, 15) is 19.2 Å². The van der Waals surface area contributed by atoms with Gasteiger partial charge >= 0.3 is 6.03 Å². The van der Waals surface area contributed by atoms with Gasteiger partial charge < -0.3 is 5.32 Å². The standard InChI is InChI=1S/C20H16ClN3O4/c1-20(14-8-4-5-9-15(14)21)18(27)24(19(28)22-20)11-10-23-16(25)12-6-2-3-7-13(12)17(23)26/h2-9H,10-11H2,1H3,(H,22,28)/t20-/m1/s1. The Morgan fingerprint density at radius 3 is 2.00 bits per heavy atom. The zero-order chi connectivity index (χ0) is 20.1. The number of nitrogens with one attached hydrogen (secondary N) is 1. The summed E-state index contributed by atoms with van der Waals surface area (Å²) in [5.74, 6) is -1.34. The fraction of sp³-hybridized carbons (Fsp3) is 0.200. The molecule has 2 aromatic rings. The van der Waals surface area contributed by atoms with Gasteiger partial charge in [0.25, 0.3) is 17.7 Å². The van der Waals surface area contributed by atoms with E-state index in [4.69, 9.17) is 11.6 Å². The Hall–Kier alpha value is -3.19. The normalized spacial score (nSPS) is 21.4. The maximum atomic E-state index is 13.0. The first-order valence-corrected chi connectivity index (χ1v) is 9.07. The summed E-state index contributed by atoms with van der Waals surface area (Å²) in [4.78, 5) is 52.4. The first-order valence-electron chi connectivity index (χ1n) is 8.69. The molecule has 0 unspecified atom stereocenters. The molecule has 28 heavy (non-hydrogen) atoms. The van der Waals surface area contributed by atoms with Crippen LogP contribution >= 0.6 is 11.6 Å². The molecule has 0 spiro atoms. The van der Waals surface area contributed by atoms with Gasteiger partial charge in [0.15, 0.2) is 0 Å². The van der Waals surface area contributed by atoms with E-state index in [1.54, 1.807) is 55.5 Å². The average molecular weight is 398 g/mol. The van der Waals surface area contributed by atoms with Crippen LogP contribution in [0.2, 0.25) is 5.02 Å². The van der Waals surface area contributed by atoms with Gasteiger partial charge in [0.05, 0.1) is 11.1 Å². The number of amides is 5. The minimum absolute atomic E-state index is 0.0793. The first kappa shape index (κ1) is 18.2. The van der Waals surface area contributed by atoms with Crippen LogP contribution in [-0.2, 0) is 10.3 Å². The summed E-state index contributed by atoms with van der Waals surface area (Å²) < 4.78 is 0. The number of rotatable bonds is 4. The maximum absolute atomic E-state index is 13.0. The van der Waals surface area contributed by atoms with Crippen LogP contribution in [0.3, 0.4) is 0 Å². The Morgan fingerprint density at radius 1 is 0.857 bits per heavy atom. The number of benzene rings is 2. The molecule has 2 aromatic carbocycles. The molecular weight excluding hydrogens is 382 g/mol. The minimum Gasteiger partial charge on any atom is -0.319 e. The molecule has 0 radical (unpaired) electrons. The van der Waals surface area contributed by atoms with Gasteiger partial charge in [-0.1, -0.05) is 41.9 Å². The molecule has 0 saturated carbocycles. The van der Waals surface area contributed by atoms with Crippen LogP contribution in [0.25, 0.3) is 0 Å². The van der Waals surface area contributed by atoms with E-state index in [1.807, 2.05) is 0 Å². The van der Waals surface area contributed by atoms with Crippen molar-refractivity contribution < 1.29 is 19.2 Å². The molecule has 2 aliphatic rings. The van der Waals surface area contributed by atoms with Gasteiger partial charge in [-0.05, 0) is 25.1 Å². The van der Waals surface area contributed by atoms with Gasteiger partial charge in [-0.25, -0.2) is 4.79 Å². The molecule has 142 valence electrons. The highest BCUT2D eigenvalue weighted by Crippen LogP contribution is 2.33. The highest BCUT2D eigenvalue weighted by atomic mass is 35.5. The molecule has 8 heteroatoms. The smallest absolute Gasteiger partial charge is 0.319 e. The second kappa shape index (κ2) is 6.45. The second-order valence-corrected chi connectivity index (χ2v) is 7.21. The number of hydrogen-bond acceptors (Lipinski definition) is 4. The maximum Gasteiger partial charge on any atom is 0.325 e. The summed E-state index contributed by atoms with van der Waals surface area (Å²) in [5, 5.41) is 3.03. The van der Waals surface area contributed by atoms with Crippen molar-refractivity contribution in [3.05, 3.63) is 70.2 Å². The molecule has 1 fully saturated rings. The number of fused-ring (bicyclic) bond motifs is 1. The molecule has 1 N–H and O–H groups in total. The Bertz CT molecular complexity index is 1000. The lowest BCUT2D eigenvalue weighted by Crippen LogP contribution is -2.43. The molecule has 0 aromatic heterocycles. The quantitative estimate of drug-likeness (QED) is 0.634. The molecule has 5 amide bonds. The Labute approximate surface area is 165 Å². The van der Waals surface area contributed by atoms with Crippen molar-refractivity contribution in [1.82, 2.24) is 15.1 Å². The van der Waals surface area contributed by atoms with Crippen LogP contribution in [0.1, 0.15) is 33.2 Å². The Balaban J connectivity index is 1.53. The fourth-order valence-electron chi connectivity index (χ4n) is 3.59. The van der Waals surface area contributed by atoms with E-state index < -0.39 is 29.3 Å². The lowest BCUT2D eigenvalue weighted by atomic mass is 9.92. The van der Waals surface area contributed by atoms with Crippen LogP contribution in [0, 0.1) is 0 Å². The molecule has 0 bridgehead atoms. The summed E-state index contributed by atoms with van der Waals surface area (Å²) in [5.41, 5.74) is -0.174. The topological polar surface area (TPSA) is 86.8 Å². The van der Waals surface area contributed by atoms with E-state index in [0.29, 0.717) is 21.7 Å². The molecule has 7 nitrogen and oxygen atoms in total. The van der Waals surface area contributed by atoms with Crippen molar-refractivity contribution in [1.29, 1.82) is 0 Å². The average Bonchev–Trinajstić information content (AvgIpc) is 3.05. The van der Waals surface area contributed by atoms with Crippen molar-refractivity contribution in [2.75, 3.05) is 13.1 Å². The largest absolute Gasteiger partial charge is 0.325 e. The predicted octanol–water partition coefficient (Wildman–Crippen LogP) is 2.40. The van der Waals surface area contributed by atoms with E-state index in [-0.39, 0.29) is 13.1 Å². The van der Waals surface area contributed by atoms with E-state index in [2.05, 4.69) is 5.32 Å². The molecular formula is C20H16ClN3O4. The van der Waals surface area contributed by atoms with E-state index in [0.717, 1.165) is 9.80 Å². The van der Waals surface area contributed by atoms with Gasteiger partial charge in [0, 0.05) is 23.7 Å². The third kappa shape index (κ3) is 2.58. The lowest BCUT2D eigenvalue weighted by Gasteiger charge is -2.24. The van der Waals surface area contributed by atoms with Crippen molar-refractivity contribution in [3.63, 3.8) is 0 Å². The van der Waals surface area contributed by atoms with E-state index >= 15 is 0 Å². The van der Waals surface area contributed by atoms with Crippen LogP contribution in [-0.4, -0.2) is 46.6 Å². The summed E-state index contributed by atoms with van der Waals surface area (Å²) in [6.07, 6.45) is 0. The predicted molar refractivity (Wildman–Crippen MR) is 101 cm³/mol. The lowest BCUT2D eigenvalue weighted by molar-refractivity contribution is -0.131. The van der Waals surface area contributed by atoms with Gasteiger partial charge in [0.1, 0.15) is 5.54 Å². The summed E-state index contributed by atoms with van der Waals surface area (Å²) >= 11 is 6.21. The number of nitrogens with zero attached hydrogens (tertiary/aromatic N) is 2. The van der Waals surface area contributed by atoms with Gasteiger partial charge in [-0.3, -0.25) is 24.2 Å². The summed E-state index contributed by atoms with van der Waals surface area (Å²) in [7, 11) is 0.